The second-order valence-electron chi connectivity index (χ2n) is 9.72. The molecule has 1 atom stereocenters. The van der Waals surface area contributed by atoms with Crippen molar-refractivity contribution in [1.29, 1.82) is 0 Å². The summed E-state index contributed by atoms with van der Waals surface area (Å²) >= 11 is 1.59. The van der Waals surface area contributed by atoms with Gasteiger partial charge in [-0.1, -0.05) is 43.9 Å². The topological polar surface area (TPSA) is 76.5 Å². The first-order chi connectivity index (χ1) is 17.0. The molecule has 0 radical (unpaired) electrons. The molecule has 8 heteroatoms. The van der Waals surface area contributed by atoms with Gasteiger partial charge in [0.25, 0.3) is 5.91 Å². The number of amides is 2. The van der Waals surface area contributed by atoms with Gasteiger partial charge < -0.3 is 15.0 Å². The number of carbonyl (C=O) groups is 2. The molecule has 1 fully saturated rings. The van der Waals surface area contributed by atoms with Gasteiger partial charge in [-0.2, -0.15) is 5.10 Å². The first-order valence-electron chi connectivity index (χ1n) is 12.4. The van der Waals surface area contributed by atoms with Crippen LogP contribution in [0.15, 0.2) is 47.8 Å². The Hall–Kier alpha value is -3.13. The number of hydrogen-bond acceptors (Lipinski definition) is 5. The van der Waals surface area contributed by atoms with Crippen LogP contribution in [0.4, 0.5) is 0 Å². The van der Waals surface area contributed by atoms with Crippen molar-refractivity contribution >= 4 is 23.2 Å². The van der Waals surface area contributed by atoms with E-state index in [4.69, 9.17) is 9.84 Å². The Morgan fingerprint density at radius 1 is 1.17 bits per heavy atom. The Morgan fingerprint density at radius 2 is 1.91 bits per heavy atom. The van der Waals surface area contributed by atoms with Crippen LogP contribution < -0.4 is 10.1 Å². The Labute approximate surface area is 210 Å². The molecular weight excluding hydrogens is 460 g/mol. The maximum absolute atomic E-state index is 13.9. The summed E-state index contributed by atoms with van der Waals surface area (Å²) in [6, 6.07) is 13.6. The van der Waals surface area contributed by atoms with Gasteiger partial charge in [0.1, 0.15) is 22.7 Å². The lowest BCUT2D eigenvalue weighted by molar-refractivity contribution is -0.134. The summed E-state index contributed by atoms with van der Waals surface area (Å²) in [5.41, 5.74) is 1.16. The monoisotopic (exact) mass is 492 g/mol. The van der Waals surface area contributed by atoms with E-state index in [0.717, 1.165) is 47.6 Å². The van der Waals surface area contributed by atoms with Crippen LogP contribution in [-0.2, 0) is 17.9 Å². The summed E-state index contributed by atoms with van der Waals surface area (Å²) in [5.74, 6) is 0.470. The minimum atomic E-state index is -1.06. The third-order valence-electron chi connectivity index (χ3n) is 7.25. The highest BCUT2D eigenvalue weighted by molar-refractivity contribution is 7.13. The van der Waals surface area contributed by atoms with Crippen LogP contribution in [0.3, 0.4) is 0 Å². The van der Waals surface area contributed by atoms with E-state index in [1.54, 1.807) is 28.0 Å². The van der Waals surface area contributed by atoms with E-state index in [2.05, 4.69) is 5.32 Å². The molecule has 5 rings (SSSR count). The zero-order valence-corrected chi connectivity index (χ0v) is 21.1. The predicted octanol–water partition coefficient (Wildman–Crippen LogP) is 4.87. The van der Waals surface area contributed by atoms with E-state index in [-0.39, 0.29) is 17.9 Å². The second kappa shape index (κ2) is 9.85. The standard InChI is InChI=1S/C27H32N4O3S/c1-27(26(33)28-20-8-5-3-4-6-9-20)18-31-23(16-22(29-31)24-10-7-15-35-24)25(32)30(27)17-19-11-13-21(34-2)14-12-19/h7,10-16,20H,3-6,8-9,17-18H2,1-2H3,(H,28,33)/t27-/m1/s1. The first-order valence-corrected chi connectivity index (χ1v) is 13.2. The molecule has 0 spiro atoms. The van der Waals surface area contributed by atoms with Crippen molar-refractivity contribution in [3.05, 3.63) is 59.1 Å². The van der Waals surface area contributed by atoms with Gasteiger partial charge in [0.05, 0.1) is 18.5 Å². The molecular formula is C27H32N4O3S. The lowest BCUT2D eigenvalue weighted by Gasteiger charge is -2.44. The van der Waals surface area contributed by atoms with Crippen molar-refractivity contribution in [3.63, 3.8) is 0 Å². The number of aromatic nitrogens is 2. The van der Waals surface area contributed by atoms with Crippen LogP contribution in [0.5, 0.6) is 5.75 Å². The van der Waals surface area contributed by atoms with Crippen LogP contribution in [0, 0.1) is 0 Å². The third kappa shape index (κ3) is 4.72. The van der Waals surface area contributed by atoms with E-state index in [0.29, 0.717) is 18.8 Å². The van der Waals surface area contributed by atoms with Crippen LogP contribution in [-0.4, -0.2) is 45.2 Å². The highest BCUT2D eigenvalue weighted by Gasteiger charge is 2.48. The fraction of sp³-hybridized carbons (Fsp3) is 0.444. The van der Waals surface area contributed by atoms with E-state index in [9.17, 15) is 9.59 Å². The summed E-state index contributed by atoms with van der Waals surface area (Å²) in [6.45, 7) is 2.51. The molecule has 0 bridgehead atoms. The number of nitrogens with one attached hydrogen (secondary N) is 1. The molecule has 35 heavy (non-hydrogen) atoms. The normalized spacial score (nSPS) is 20.9. The van der Waals surface area contributed by atoms with E-state index in [1.165, 1.54) is 12.8 Å². The molecule has 2 amide bonds. The zero-order chi connectivity index (χ0) is 24.4. The fourth-order valence-corrected chi connectivity index (χ4v) is 5.79. The molecule has 1 N–H and O–H groups in total. The van der Waals surface area contributed by atoms with Crippen LogP contribution in [0.25, 0.3) is 10.6 Å². The van der Waals surface area contributed by atoms with Crippen LogP contribution >= 0.6 is 11.3 Å². The SMILES string of the molecule is COc1ccc(CN2C(=O)c3cc(-c4cccs4)nn3C[C@]2(C)C(=O)NC2CCCCCC2)cc1. The minimum absolute atomic E-state index is 0.106. The smallest absolute Gasteiger partial charge is 0.273 e. The lowest BCUT2D eigenvalue weighted by atomic mass is 9.93. The molecule has 0 unspecified atom stereocenters. The number of rotatable bonds is 6. The summed E-state index contributed by atoms with van der Waals surface area (Å²) in [6.07, 6.45) is 6.67. The zero-order valence-electron chi connectivity index (χ0n) is 20.3. The molecule has 7 nitrogen and oxygen atoms in total. The molecule has 3 aromatic rings. The quantitative estimate of drug-likeness (QED) is 0.498. The average molecular weight is 493 g/mol. The summed E-state index contributed by atoms with van der Waals surface area (Å²) in [4.78, 5) is 30.4. The number of methoxy groups -OCH3 is 1. The van der Waals surface area contributed by atoms with E-state index < -0.39 is 5.54 Å². The van der Waals surface area contributed by atoms with E-state index >= 15 is 0 Å². The Bertz CT molecular complexity index is 1180. The van der Waals surface area contributed by atoms with Crippen molar-refractivity contribution < 1.29 is 14.3 Å². The maximum atomic E-state index is 13.9. The summed E-state index contributed by atoms with van der Waals surface area (Å²) < 4.78 is 7.00. The maximum Gasteiger partial charge on any atom is 0.273 e. The molecule has 0 saturated heterocycles. The lowest BCUT2D eigenvalue weighted by Crippen LogP contribution is -2.64. The van der Waals surface area contributed by atoms with Crippen LogP contribution in [0.1, 0.15) is 61.5 Å². The number of fused-ring (bicyclic) bond motifs is 1. The number of ether oxygens (including phenoxy) is 1. The molecule has 1 aliphatic heterocycles. The third-order valence-corrected chi connectivity index (χ3v) is 8.14. The molecule has 1 aromatic carbocycles. The van der Waals surface area contributed by atoms with Gasteiger partial charge in [0, 0.05) is 12.6 Å². The number of hydrogen-bond donors (Lipinski definition) is 1. The molecule has 1 saturated carbocycles. The van der Waals surface area contributed by atoms with Gasteiger partial charge in [-0.25, -0.2) is 0 Å². The number of thiophene rings is 1. The molecule has 2 aromatic heterocycles. The minimum Gasteiger partial charge on any atom is -0.497 e. The van der Waals surface area contributed by atoms with E-state index in [1.807, 2.05) is 54.8 Å². The number of carbonyl (C=O) groups excluding carboxylic acids is 2. The highest BCUT2D eigenvalue weighted by Crippen LogP contribution is 2.33. The Kier molecular flexibility index (Phi) is 6.65. The fourth-order valence-electron chi connectivity index (χ4n) is 5.11. The van der Waals surface area contributed by atoms with Gasteiger partial charge in [-0.15, -0.1) is 11.3 Å². The van der Waals surface area contributed by atoms with Gasteiger partial charge >= 0.3 is 0 Å². The molecule has 3 heterocycles. The molecule has 2 aliphatic rings. The summed E-state index contributed by atoms with van der Waals surface area (Å²) in [7, 11) is 1.63. The second-order valence-corrected chi connectivity index (χ2v) is 10.7. The molecule has 1 aliphatic carbocycles. The largest absolute Gasteiger partial charge is 0.497 e. The Balaban J connectivity index is 1.48. The van der Waals surface area contributed by atoms with Crippen molar-refractivity contribution in [1.82, 2.24) is 20.0 Å². The van der Waals surface area contributed by atoms with Gasteiger partial charge in [0.15, 0.2) is 0 Å². The molecule has 184 valence electrons. The van der Waals surface area contributed by atoms with Crippen molar-refractivity contribution in [2.75, 3.05) is 7.11 Å². The highest BCUT2D eigenvalue weighted by atomic mass is 32.1. The van der Waals surface area contributed by atoms with Gasteiger partial charge in [0.2, 0.25) is 5.91 Å². The average Bonchev–Trinajstić information content (AvgIpc) is 3.47. The van der Waals surface area contributed by atoms with Crippen molar-refractivity contribution in [2.45, 2.75) is 70.1 Å². The summed E-state index contributed by atoms with van der Waals surface area (Å²) in [5, 5.41) is 10.0. The first kappa shape index (κ1) is 23.6. The van der Waals surface area contributed by atoms with Crippen molar-refractivity contribution in [3.8, 4) is 16.3 Å². The van der Waals surface area contributed by atoms with Gasteiger partial charge in [-0.05, 0) is 55.0 Å². The Morgan fingerprint density at radius 3 is 2.57 bits per heavy atom. The van der Waals surface area contributed by atoms with Gasteiger partial charge in [-0.3, -0.25) is 14.3 Å². The predicted molar refractivity (Wildman–Crippen MR) is 136 cm³/mol. The number of benzene rings is 1. The van der Waals surface area contributed by atoms with Crippen LogP contribution in [0.2, 0.25) is 0 Å². The van der Waals surface area contributed by atoms with Crippen molar-refractivity contribution in [2.24, 2.45) is 0 Å². The number of nitrogens with zero attached hydrogens (tertiary/aromatic N) is 3.